The molecule has 3 heteroatoms. The van der Waals surface area contributed by atoms with Crippen LogP contribution in [0.1, 0.15) is 31.1 Å². The highest BCUT2D eigenvalue weighted by Gasteiger charge is 2.07. The maximum absolute atomic E-state index is 11.5. The van der Waals surface area contributed by atoms with Gasteiger partial charge < -0.3 is 9.47 Å². The molecule has 16 heavy (non-hydrogen) atoms. The minimum Gasteiger partial charge on any atom is -0.493 e. The van der Waals surface area contributed by atoms with Gasteiger partial charge in [0.2, 0.25) is 0 Å². The van der Waals surface area contributed by atoms with Gasteiger partial charge in [0.25, 0.3) is 0 Å². The molecule has 1 rings (SSSR count). The van der Waals surface area contributed by atoms with Crippen LogP contribution in [0.5, 0.6) is 5.75 Å². The molecular formula is C13H18O3. The van der Waals surface area contributed by atoms with E-state index in [0.29, 0.717) is 30.4 Å². The van der Waals surface area contributed by atoms with Crippen LogP contribution in [0.4, 0.5) is 0 Å². The van der Waals surface area contributed by atoms with Gasteiger partial charge >= 0.3 is 5.97 Å². The number of carbonyl (C=O) groups is 1. The minimum absolute atomic E-state index is 0.308. The van der Waals surface area contributed by atoms with E-state index in [0.717, 1.165) is 0 Å². The zero-order chi connectivity index (χ0) is 12.0. The molecule has 0 atom stereocenters. The monoisotopic (exact) mass is 222 g/mol. The molecule has 0 saturated carbocycles. The highest BCUT2D eigenvalue weighted by Crippen LogP contribution is 2.15. The summed E-state index contributed by atoms with van der Waals surface area (Å²) in [7, 11) is 0. The predicted molar refractivity (Wildman–Crippen MR) is 62.7 cm³/mol. The minimum atomic E-state index is -0.308. The van der Waals surface area contributed by atoms with Gasteiger partial charge in [0, 0.05) is 0 Å². The first-order valence-corrected chi connectivity index (χ1v) is 5.53. The molecule has 0 aliphatic heterocycles. The average molecular weight is 222 g/mol. The molecule has 0 saturated heterocycles. The van der Waals surface area contributed by atoms with E-state index in [9.17, 15) is 4.79 Å². The summed E-state index contributed by atoms with van der Waals surface area (Å²) in [6.07, 6.45) is 0. The molecule has 0 unspecified atom stereocenters. The number of hydrogen-bond donors (Lipinski definition) is 0. The zero-order valence-corrected chi connectivity index (χ0v) is 10.0. The van der Waals surface area contributed by atoms with Crippen molar-refractivity contribution in [3.63, 3.8) is 0 Å². The maximum atomic E-state index is 11.5. The van der Waals surface area contributed by atoms with Crippen LogP contribution in [0, 0.1) is 5.92 Å². The Kier molecular flexibility index (Phi) is 4.83. The summed E-state index contributed by atoms with van der Waals surface area (Å²) in [4.78, 5) is 11.5. The number of hydrogen-bond acceptors (Lipinski definition) is 3. The van der Waals surface area contributed by atoms with Gasteiger partial charge in [-0.05, 0) is 31.0 Å². The second-order valence-electron chi connectivity index (χ2n) is 3.95. The summed E-state index contributed by atoms with van der Waals surface area (Å²) in [6, 6.07) is 7.06. The lowest BCUT2D eigenvalue weighted by Gasteiger charge is -2.09. The lowest BCUT2D eigenvalue weighted by atomic mass is 10.2. The molecule has 1 aromatic carbocycles. The van der Waals surface area contributed by atoms with Crippen molar-refractivity contribution >= 4 is 5.97 Å². The van der Waals surface area contributed by atoms with E-state index in [1.165, 1.54) is 0 Å². The first kappa shape index (κ1) is 12.6. The average Bonchev–Trinajstić information content (AvgIpc) is 2.27. The van der Waals surface area contributed by atoms with Gasteiger partial charge in [-0.3, -0.25) is 0 Å². The quantitative estimate of drug-likeness (QED) is 0.718. The SMILES string of the molecule is CCOC(=O)c1cccc(OCC(C)C)c1. The lowest BCUT2D eigenvalue weighted by molar-refractivity contribution is 0.0526. The van der Waals surface area contributed by atoms with E-state index in [1.54, 1.807) is 25.1 Å². The number of ether oxygens (including phenoxy) is 2. The predicted octanol–water partition coefficient (Wildman–Crippen LogP) is 2.90. The molecule has 1 aromatic rings. The third-order valence-electron chi connectivity index (χ3n) is 1.93. The molecule has 0 aliphatic carbocycles. The van der Waals surface area contributed by atoms with Gasteiger partial charge in [-0.2, -0.15) is 0 Å². The molecule has 3 nitrogen and oxygen atoms in total. The molecule has 88 valence electrons. The van der Waals surface area contributed by atoms with Crippen LogP contribution in [0.25, 0.3) is 0 Å². The van der Waals surface area contributed by atoms with Crippen molar-refractivity contribution in [3.05, 3.63) is 29.8 Å². The van der Waals surface area contributed by atoms with Crippen LogP contribution < -0.4 is 4.74 Å². The molecule has 0 spiro atoms. The fraction of sp³-hybridized carbons (Fsp3) is 0.462. The van der Waals surface area contributed by atoms with Crippen LogP contribution in [0.15, 0.2) is 24.3 Å². The van der Waals surface area contributed by atoms with Crippen LogP contribution >= 0.6 is 0 Å². The third kappa shape index (κ3) is 3.93. The van der Waals surface area contributed by atoms with Crippen molar-refractivity contribution in [1.82, 2.24) is 0 Å². The van der Waals surface area contributed by atoms with E-state index in [1.807, 2.05) is 6.07 Å². The number of esters is 1. The number of benzene rings is 1. The summed E-state index contributed by atoms with van der Waals surface area (Å²) < 4.78 is 10.4. The lowest BCUT2D eigenvalue weighted by Crippen LogP contribution is -2.07. The summed E-state index contributed by atoms with van der Waals surface area (Å²) in [6.45, 7) is 6.98. The van der Waals surface area contributed by atoms with Gasteiger partial charge in [0.05, 0.1) is 18.8 Å². The van der Waals surface area contributed by atoms with Gasteiger partial charge in [0.15, 0.2) is 0 Å². The van der Waals surface area contributed by atoms with Gasteiger partial charge in [-0.15, -0.1) is 0 Å². The Hall–Kier alpha value is -1.51. The van der Waals surface area contributed by atoms with E-state index in [2.05, 4.69) is 13.8 Å². The second-order valence-corrected chi connectivity index (χ2v) is 3.95. The summed E-state index contributed by atoms with van der Waals surface area (Å²) in [5, 5.41) is 0. The van der Waals surface area contributed by atoms with Gasteiger partial charge in [0.1, 0.15) is 5.75 Å². The Bertz CT molecular complexity index is 345. The molecule has 0 heterocycles. The van der Waals surface area contributed by atoms with Crippen molar-refractivity contribution in [1.29, 1.82) is 0 Å². The molecular weight excluding hydrogens is 204 g/mol. The van der Waals surface area contributed by atoms with Crippen molar-refractivity contribution < 1.29 is 14.3 Å². The summed E-state index contributed by atoms with van der Waals surface area (Å²) >= 11 is 0. The summed E-state index contributed by atoms with van der Waals surface area (Å²) in [5.74, 6) is 0.864. The van der Waals surface area contributed by atoms with Gasteiger partial charge in [-0.1, -0.05) is 19.9 Å². The largest absolute Gasteiger partial charge is 0.493 e. The standard InChI is InChI=1S/C13H18O3/c1-4-15-13(14)11-6-5-7-12(8-11)16-9-10(2)3/h5-8,10H,4,9H2,1-3H3. The zero-order valence-electron chi connectivity index (χ0n) is 10.0. The smallest absolute Gasteiger partial charge is 0.338 e. The van der Waals surface area contributed by atoms with Crippen molar-refractivity contribution in [2.45, 2.75) is 20.8 Å². The number of carbonyl (C=O) groups excluding carboxylic acids is 1. The Balaban J connectivity index is 2.67. The Morgan fingerprint density at radius 2 is 2.12 bits per heavy atom. The van der Waals surface area contributed by atoms with E-state index in [4.69, 9.17) is 9.47 Å². The second kappa shape index (κ2) is 6.16. The van der Waals surface area contributed by atoms with E-state index >= 15 is 0 Å². The highest BCUT2D eigenvalue weighted by atomic mass is 16.5. The normalized spacial score (nSPS) is 10.2. The van der Waals surface area contributed by atoms with Crippen LogP contribution in [0.3, 0.4) is 0 Å². The molecule has 0 N–H and O–H groups in total. The van der Waals surface area contributed by atoms with Crippen molar-refractivity contribution in [2.24, 2.45) is 5.92 Å². The van der Waals surface area contributed by atoms with E-state index < -0.39 is 0 Å². The van der Waals surface area contributed by atoms with Crippen LogP contribution in [0.2, 0.25) is 0 Å². The fourth-order valence-electron chi connectivity index (χ4n) is 1.19. The molecule has 0 radical (unpaired) electrons. The van der Waals surface area contributed by atoms with Crippen LogP contribution in [-0.2, 0) is 4.74 Å². The van der Waals surface area contributed by atoms with Crippen molar-refractivity contribution in [2.75, 3.05) is 13.2 Å². The van der Waals surface area contributed by atoms with Crippen molar-refractivity contribution in [3.8, 4) is 5.75 Å². The Morgan fingerprint density at radius 3 is 2.75 bits per heavy atom. The highest BCUT2D eigenvalue weighted by molar-refractivity contribution is 5.89. The molecule has 0 aromatic heterocycles. The Labute approximate surface area is 96.4 Å². The first-order valence-electron chi connectivity index (χ1n) is 5.53. The molecule has 0 fully saturated rings. The van der Waals surface area contributed by atoms with E-state index in [-0.39, 0.29) is 5.97 Å². The third-order valence-corrected chi connectivity index (χ3v) is 1.93. The molecule has 0 amide bonds. The topological polar surface area (TPSA) is 35.5 Å². The Morgan fingerprint density at radius 1 is 1.38 bits per heavy atom. The fourth-order valence-corrected chi connectivity index (χ4v) is 1.19. The summed E-state index contributed by atoms with van der Waals surface area (Å²) in [5.41, 5.74) is 0.531. The molecule has 0 bridgehead atoms. The first-order chi connectivity index (χ1) is 7.63. The number of rotatable bonds is 5. The molecule has 0 aliphatic rings. The van der Waals surface area contributed by atoms with Gasteiger partial charge in [-0.25, -0.2) is 4.79 Å². The maximum Gasteiger partial charge on any atom is 0.338 e. The van der Waals surface area contributed by atoms with Crippen LogP contribution in [-0.4, -0.2) is 19.2 Å².